The Labute approximate surface area is 252 Å². The van der Waals surface area contributed by atoms with Crippen molar-refractivity contribution in [1.82, 2.24) is 19.5 Å². The molecule has 0 aliphatic heterocycles. The Morgan fingerprint density at radius 3 is 1.55 bits per heavy atom. The summed E-state index contributed by atoms with van der Waals surface area (Å²) in [6.07, 6.45) is -4.60. The van der Waals surface area contributed by atoms with E-state index in [1.807, 2.05) is 121 Å². The molecule has 0 fully saturated rings. The smallest absolute Gasteiger partial charge is 0.335 e. The summed E-state index contributed by atoms with van der Waals surface area (Å²) in [5.41, 5.74) is 4.94. The number of nitrogens with one attached hydrogen (secondary N) is 1. The lowest BCUT2D eigenvalue weighted by Crippen LogP contribution is -2.12. The summed E-state index contributed by atoms with van der Waals surface area (Å²) in [5, 5.41) is 0. The minimum absolute atomic E-state index is 0.0394. The van der Waals surface area contributed by atoms with E-state index in [4.69, 9.17) is 9.97 Å². The highest BCUT2D eigenvalue weighted by atomic mass is 19.4. The third-order valence-electron chi connectivity index (χ3n) is 7.45. The van der Waals surface area contributed by atoms with Gasteiger partial charge in [-0.25, -0.2) is 9.97 Å². The molecule has 5 aromatic carbocycles. The van der Waals surface area contributed by atoms with Crippen LogP contribution in [0.15, 0.2) is 146 Å². The number of aromatic amines is 1. The summed E-state index contributed by atoms with van der Waals surface area (Å²) >= 11 is 0. The maximum Gasteiger partial charge on any atom is 0.418 e. The van der Waals surface area contributed by atoms with E-state index in [-0.39, 0.29) is 11.5 Å². The third-order valence-corrected chi connectivity index (χ3v) is 7.45. The Bertz CT molecular complexity index is 1970. The molecular weight excluding hydrogens is 557 g/mol. The van der Waals surface area contributed by atoms with Crippen molar-refractivity contribution < 1.29 is 13.2 Å². The predicted octanol–water partition coefficient (Wildman–Crippen LogP) is 9.95. The second-order valence-electron chi connectivity index (χ2n) is 10.3. The molecule has 0 bridgehead atoms. The summed E-state index contributed by atoms with van der Waals surface area (Å²) in [5.74, 6) is 0.609. The summed E-state index contributed by atoms with van der Waals surface area (Å²) in [7, 11) is 0. The van der Waals surface area contributed by atoms with Gasteiger partial charge in [0.15, 0.2) is 11.6 Å². The lowest BCUT2D eigenvalue weighted by molar-refractivity contribution is -0.137. The fraction of sp³-hybridized carbons (Fsp3) is 0.0270. The zero-order valence-electron chi connectivity index (χ0n) is 23.3. The predicted molar refractivity (Wildman–Crippen MR) is 168 cm³/mol. The minimum Gasteiger partial charge on any atom is -0.335 e. The van der Waals surface area contributed by atoms with Crippen LogP contribution >= 0.6 is 0 Å². The molecule has 0 amide bonds. The molecule has 0 aliphatic rings. The van der Waals surface area contributed by atoms with Gasteiger partial charge in [-0.2, -0.15) is 13.2 Å². The van der Waals surface area contributed by atoms with E-state index in [0.29, 0.717) is 22.9 Å². The first-order chi connectivity index (χ1) is 21.5. The number of para-hydroxylation sites is 1. The number of benzene rings is 5. The first-order valence-electron chi connectivity index (χ1n) is 14.1. The number of imidazole rings is 2. The fourth-order valence-electron chi connectivity index (χ4n) is 5.48. The highest BCUT2D eigenvalue weighted by molar-refractivity contribution is 5.86. The molecule has 0 saturated heterocycles. The van der Waals surface area contributed by atoms with Gasteiger partial charge in [-0.3, -0.25) is 4.57 Å². The van der Waals surface area contributed by atoms with Gasteiger partial charge in [0.25, 0.3) is 0 Å². The molecule has 0 radical (unpaired) electrons. The Balaban J connectivity index is 1.59. The zero-order valence-corrected chi connectivity index (χ0v) is 23.3. The van der Waals surface area contributed by atoms with E-state index >= 15 is 0 Å². The van der Waals surface area contributed by atoms with Crippen molar-refractivity contribution >= 4 is 0 Å². The lowest BCUT2D eigenvalue weighted by Gasteiger charge is -2.18. The van der Waals surface area contributed by atoms with Crippen LogP contribution in [-0.2, 0) is 6.18 Å². The van der Waals surface area contributed by atoms with E-state index in [2.05, 4.69) is 4.98 Å². The number of hydrogen-bond acceptors (Lipinski definition) is 2. The maximum atomic E-state index is 14.6. The number of H-pyrrole nitrogens is 1. The molecule has 2 aromatic heterocycles. The minimum atomic E-state index is -4.60. The van der Waals surface area contributed by atoms with Gasteiger partial charge in [0.2, 0.25) is 0 Å². The molecule has 7 aromatic rings. The van der Waals surface area contributed by atoms with Crippen molar-refractivity contribution in [3.63, 3.8) is 0 Å². The van der Waals surface area contributed by atoms with Gasteiger partial charge in [-0.05, 0) is 12.1 Å². The maximum absolute atomic E-state index is 14.6. The van der Waals surface area contributed by atoms with Crippen LogP contribution in [0.5, 0.6) is 0 Å². The molecule has 0 aliphatic carbocycles. The number of hydrogen-bond donors (Lipinski definition) is 1. The Hall–Kier alpha value is -5.69. The SMILES string of the molecule is FC(F)(F)c1ccccc1-n1c(-c2nc(-c3ccccc3)c(-c3ccccc3)[nH]2)nc(-c2ccccc2)c1-c1ccccc1. The van der Waals surface area contributed by atoms with Gasteiger partial charge < -0.3 is 4.98 Å². The van der Waals surface area contributed by atoms with Crippen molar-refractivity contribution in [3.8, 4) is 62.4 Å². The van der Waals surface area contributed by atoms with E-state index in [1.54, 1.807) is 10.6 Å². The average molecular weight is 583 g/mol. The standard InChI is InChI=1S/C37H25F3N4/c38-37(39,40)29-23-13-14-24-30(29)44-34(28-21-11-4-12-22-28)33(27-19-9-3-10-20-27)43-36(44)35-41-31(25-15-5-1-6-16-25)32(42-35)26-17-7-2-8-18-26/h1-24H,(H,41,42). The topological polar surface area (TPSA) is 46.5 Å². The van der Waals surface area contributed by atoms with Crippen molar-refractivity contribution in [3.05, 3.63) is 151 Å². The fourth-order valence-corrected chi connectivity index (χ4v) is 5.48. The number of nitrogens with zero attached hydrogens (tertiary/aromatic N) is 3. The van der Waals surface area contributed by atoms with Crippen LogP contribution in [0.2, 0.25) is 0 Å². The van der Waals surface area contributed by atoms with Crippen molar-refractivity contribution in [2.75, 3.05) is 0 Å². The summed E-state index contributed by atoms with van der Waals surface area (Å²) < 4.78 is 45.3. The van der Waals surface area contributed by atoms with Gasteiger partial charge in [0, 0.05) is 22.3 Å². The molecular formula is C37H25F3N4. The number of halogens is 3. The Morgan fingerprint density at radius 1 is 0.500 bits per heavy atom. The Kier molecular flexibility index (Phi) is 6.91. The second kappa shape index (κ2) is 11.2. The molecule has 0 saturated carbocycles. The van der Waals surface area contributed by atoms with E-state index in [0.717, 1.165) is 34.0 Å². The second-order valence-corrected chi connectivity index (χ2v) is 10.3. The molecule has 214 valence electrons. The molecule has 0 atom stereocenters. The van der Waals surface area contributed by atoms with E-state index in [9.17, 15) is 13.2 Å². The van der Waals surface area contributed by atoms with Crippen molar-refractivity contribution in [2.24, 2.45) is 0 Å². The van der Waals surface area contributed by atoms with Crippen LogP contribution in [0.25, 0.3) is 62.4 Å². The van der Waals surface area contributed by atoms with Crippen LogP contribution in [0.1, 0.15) is 5.56 Å². The summed E-state index contributed by atoms with van der Waals surface area (Å²) in [4.78, 5) is 13.5. The molecule has 7 heteroatoms. The zero-order chi connectivity index (χ0) is 30.1. The highest BCUT2D eigenvalue weighted by Crippen LogP contribution is 2.43. The van der Waals surface area contributed by atoms with Gasteiger partial charge in [-0.1, -0.05) is 133 Å². The van der Waals surface area contributed by atoms with Crippen LogP contribution in [0, 0.1) is 0 Å². The average Bonchev–Trinajstić information content (AvgIpc) is 3.69. The number of aromatic nitrogens is 4. The molecule has 0 unspecified atom stereocenters. The number of rotatable bonds is 6. The van der Waals surface area contributed by atoms with Gasteiger partial charge in [-0.15, -0.1) is 0 Å². The van der Waals surface area contributed by atoms with Crippen LogP contribution in [0.3, 0.4) is 0 Å². The molecule has 0 spiro atoms. The largest absolute Gasteiger partial charge is 0.418 e. The van der Waals surface area contributed by atoms with Gasteiger partial charge in [0.05, 0.1) is 34.0 Å². The highest BCUT2D eigenvalue weighted by Gasteiger charge is 2.36. The van der Waals surface area contributed by atoms with E-state index < -0.39 is 11.7 Å². The summed E-state index contributed by atoms with van der Waals surface area (Å²) in [6.45, 7) is 0. The Morgan fingerprint density at radius 2 is 0.977 bits per heavy atom. The molecule has 2 heterocycles. The van der Waals surface area contributed by atoms with E-state index in [1.165, 1.54) is 12.1 Å². The normalized spacial score (nSPS) is 11.5. The first kappa shape index (κ1) is 27.2. The van der Waals surface area contributed by atoms with Gasteiger partial charge >= 0.3 is 6.18 Å². The molecule has 7 rings (SSSR count). The van der Waals surface area contributed by atoms with Crippen LogP contribution in [-0.4, -0.2) is 19.5 Å². The first-order valence-corrected chi connectivity index (χ1v) is 14.1. The quantitative estimate of drug-likeness (QED) is 0.212. The van der Waals surface area contributed by atoms with Crippen molar-refractivity contribution in [1.29, 1.82) is 0 Å². The number of alkyl halides is 3. The molecule has 1 N–H and O–H groups in total. The lowest BCUT2D eigenvalue weighted by atomic mass is 10.0. The van der Waals surface area contributed by atoms with Crippen molar-refractivity contribution in [2.45, 2.75) is 6.18 Å². The van der Waals surface area contributed by atoms with Crippen LogP contribution < -0.4 is 0 Å². The monoisotopic (exact) mass is 582 g/mol. The molecule has 4 nitrogen and oxygen atoms in total. The summed E-state index contributed by atoms with van der Waals surface area (Å²) in [6, 6.07) is 43.9. The van der Waals surface area contributed by atoms with Gasteiger partial charge in [0.1, 0.15) is 0 Å². The van der Waals surface area contributed by atoms with Crippen LogP contribution in [0.4, 0.5) is 13.2 Å². The molecule has 44 heavy (non-hydrogen) atoms. The third kappa shape index (κ3) is 4.98.